The Morgan fingerprint density at radius 2 is 1.69 bits per heavy atom. The first-order valence-corrected chi connectivity index (χ1v) is 15.8. The quantitative estimate of drug-likeness (QED) is 0.131. The average Bonchev–Trinajstić information content (AvgIpc) is 3.34. The zero-order valence-electron chi connectivity index (χ0n) is 25.8. The van der Waals surface area contributed by atoms with Crippen LogP contribution in [0.2, 0.25) is 10.0 Å². The van der Waals surface area contributed by atoms with Crippen LogP contribution in [0, 0.1) is 5.92 Å². The third-order valence-corrected chi connectivity index (χ3v) is 8.94. The molecule has 0 bridgehead atoms. The molecular formula is C32H30Cl2F6N6O3. The molecule has 4 N–H and O–H groups in total. The molecule has 2 heterocycles. The van der Waals surface area contributed by atoms with Crippen molar-refractivity contribution in [2.24, 2.45) is 13.0 Å². The van der Waals surface area contributed by atoms with Gasteiger partial charge in [0.1, 0.15) is 5.75 Å². The van der Waals surface area contributed by atoms with Crippen LogP contribution in [-0.2, 0) is 13.6 Å². The van der Waals surface area contributed by atoms with E-state index in [0.717, 1.165) is 0 Å². The number of nitrogens with zero attached hydrogens (tertiary/aromatic N) is 3. The molecule has 0 saturated carbocycles. The highest BCUT2D eigenvalue weighted by atomic mass is 35.5. The van der Waals surface area contributed by atoms with Crippen LogP contribution in [0.3, 0.4) is 0 Å². The number of halogens is 8. The first-order chi connectivity index (χ1) is 23.0. The zero-order valence-corrected chi connectivity index (χ0v) is 27.3. The number of alkyl halides is 6. The summed E-state index contributed by atoms with van der Waals surface area (Å²) in [6.45, 7) is -0.738. The summed E-state index contributed by atoms with van der Waals surface area (Å²) in [6.07, 6.45) is -10.6. The van der Waals surface area contributed by atoms with Gasteiger partial charge in [-0.2, -0.15) is 26.3 Å². The van der Waals surface area contributed by atoms with E-state index in [2.05, 4.69) is 20.9 Å². The van der Waals surface area contributed by atoms with Gasteiger partial charge >= 0.3 is 12.4 Å². The van der Waals surface area contributed by atoms with E-state index in [4.69, 9.17) is 23.2 Å². The van der Waals surface area contributed by atoms with E-state index in [1.807, 2.05) is 0 Å². The summed E-state index contributed by atoms with van der Waals surface area (Å²) in [7, 11) is 1.64. The lowest BCUT2D eigenvalue weighted by atomic mass is 9.95. The normalized spacial score (nSPS) is 14.3. The summed E-state index contributed by atoms with van der Waals surface area (Å²) in [6, 6.07) is 11.9. The molecular weight excluding hydrogens is 701 g/mol. The lowest BCUT2D eigenvalue weighted by Gasteiger charge is -2.35. The molecule has 0 spiro atoms. The van der Waals surface area contributed by atoms with E-state index in [-0.39, 0.29) is 82.2 Å². The molecule has 49 heavy (non-hydrogen) atoms. The number of piperidine rings is 1. The fraction of sp³-hybridized carbons (Fsp3) is 0.344. The molecule has 1 saturated heterocycles. The Balaban J connectivity index is 1.43. The second kappa shape index (κ2) is 14.2. The Kier molecular flexibility index (Phi) is 10.4. The molecule has 0 radical (unpaired) electrons. The molecule has 1 fully saturated rings. The van der Waals surface area contributed by atoms with Crippen molar-refractivity contribution in [3.63, 3.8) is 0 Å². The van der Waals surface area contributed by atoms with Gasteiger partial charge in [-0.05, 0) is 54.8 Å². The first kappa shape index (κ1) is 35.9. The first-order valence-electron chi connectivity index (χ1n) is 15.0. The maximum absolute atomic E-state index is 13.4. The van der Waals surface area contributed by atoms with Crippen molar-refractivity contribution < 1.29 is 41.0 Å². The Morgan fingerprint density at radius 1 is 0.980 bits per heavy atom. The summed E-state index contributed by atoms with van der Waals surface area (Å²) >= 11 is 13.2. The molecule has 0 aliphatic carbocycles. The molecule has 1 aliphatic heterocycles. The fourth-order valence-corrected chi connectivity index (χ4v) is 6.06. The molecule has 0 unspecified atom stereocenters. The van der Waals surface area contributed by atoms with Crippen LogP contribution in [0.5, 0.6) is 5.75 Å². The molecule has 9 nitrogen and oxygen atoms in total. The highest BCUT2D eigenvalue weighted by molar-refractivity contribution is 6.39. The Labute approximate surface area is 286 Å². The number of aromatic hydroxyl groups is 1. The number of imidazole rings is 1. The van der Waals surface area contributed by atoms with Gasteiger partial charge in [0.15, 0.2) is 0 Å². The Morgan fingerprint density at radius 3 is 2.35 bits per heavy atom. The van der Waals surface area contributed by atoms with Crippen molar-refractivity contribution in [1.82, 2.24) is 20.2 Å². The van der Waals surface area contributed by atoms with Crippen LogP contribution in [0.4, 0.5) is 43.7 Å². The van der Waals surface area contributed by atoms with Gasteiger partial charge in [0.05, 0.1) is 50.4 Å². The molecule has 2 amide bonds. The van der Waals surface area contributed by atoms with Gasteiger partial charge in [-0.1, -0.05) is 35.3 Å². The number of nitrogens with one attached hydrogen (secondary N) is 3. The third-order valence-electron chi connectivity index (χ3n) is 8.19. The van der Waals surface area contributed by atoms with Crippen LogP contribution < -0.4 is 20.9 Å². The van der Waals surface area contributed by atoms with E-state index in [0.29, 0.717) is 11.1 Å². The SMILES string of the molecule is Cn1c(Nc2c(Cl)ccc(CNC(=O)c3cccc(O)c3)c2Cl)nc2cc(C(=O)NCCC(F)(F)F)c(N3CCC(C(F)(F)F)CC3)cc21. The number of phenols is 1. The highest BCUT2D eigenvalue weighted by Gasteiger charge is 2.41. The molecule has 262 valence electrons. The Hall–Kier alpha value is -4.37. The topological polar surface area (TPSA) is 112 Å². The number of hydrogen-bond donors (Lipinski definition) is 4. The van der Waals surface area contributed by atoms with Crippen LogP contribution in [-0.4, -0.2) is 58.5 Å². The van der Waals surface area contributed by atoms with Gasteiger partial charge < -0.3 is 30.5 Å². The number of fused-ring (bicyclic) bond motifs is 1. The van der Waals surface area contributed by atoms with Crippen molar-refractivity contribution >= 4 is 63.4 Å². The number of aromatic nitrogens is 2. The third kappa shape index (κ3) is 8.44. The maximum atomic E-state index is 13.4. The number of phenolic OH excluding ortho intramolecular Hbond substituents is 1. The van der Waals surface area contributed by atoms with E-state index < -0.39 is 43.1 Å². The predicted molar refractivity (Wildman–Crippen MR) is 174 cm³/mol. The van der Waals surface area contributed by atoms with Gasteiger partial charge in [-0.25, -0.2) is 4.98 Å². The number of rotatable bonds is 9. The monoisotopic (exact) mass is 730 g/mol. The largest absolute Gasteiger partial charge is 0.508 e. The van der Waals surface area contributed by atoms with Gasteiger partial charge in [-0.15, -0.1) is 0 Å². The second-order valence-electron chi connectivity index (χ2n) is 11.5. The number of amides is 2. The fourth-order valence-electron chi connectivity index (χ4n) is 5.53. The van der Waals surface area contributed by atoms with Crippen LogP contribution in [0.25, 0.3) is 11.0 Å². The van der Waals surface area contributed by atoms with Gasteiger partial charge in [-0.3, -0.25) is 9.59 Å². The molecule has 17 heteroatoms. The van der Waals surface area contributed by atoms with Gasteiger partial charge in [0.2, 0.25) is 5.95 Å². The smallest absolute Gasteiger partial charge is 0.391 e. The van der Waals surface area contributed by atoms with Gasteiger partial charge in [0, 0.05) is 38.8 Å². The molecule has 3 aromatic carbocycles. The number of hydrogen-bond acceptors (Lipinski definition) is 6. The molecule has 5 rings (SSSR count). The number of aryl methyl sites for hydroxylation is 1. The Bertz CT molecular complexity index is 1870. The highest BCUT2D eigenvalue weighted by Crippen LogP contribution is 2.39. The summed E-state index contributed by atoms with van der Waals surface area (Å²) in [5, 5.41) is 18.1. The predicted octanol–water partition coefficient (Wildman–Crippen LogP) is 7.72. The number of carbonyl (C=O) groups excluding carboxylic acids is 2. The molecule has 1 aromatic heterocycles. The van der Waals surface area contributed by atoms with E-state index >= 15 is 0 Å². The number of carbonyl (C=O) groups is 2. The summed E-state index contributed by atoms with van der Waals surface area (Å²) in [5.41, 5.74) is 1.91. The lowest BCUT2D eigenvalue weighted by molar-refractivity contribution is -0.179. The standard InChI is InChI=1S/C32H30Cl2F6N6O3/c1-45-25-15-24(46-11-7-19(8-12-46)32(38,39)40)21(29(49)41-10-9-31(35,36)37)14-23(25)43-30(45)44-27-22(33)6-5-18(26(27)34)16-42-28(48)17-3-2-4-20(47)13-17/h2-6,13-15,19,47H,7-12,16H2,1H3,(H,41,49)(H,42,48)(H,43,44). The van der Waals surface area contributed by atoms with Crippen molar-refractivity contribution in [1.29, 1.82) is 0 Å². The van der Waals surface area contributed by atoms with Crippen LogP contribution >= 0.6 is 23.2 Å². The van der Waals surface area contributed by atoms with E-state index in [9.17, 15) is 41.0 Å². The zero-order chi connectivity index (χ0) is 35.7. The second-order valence-corrected chi connectivity index (χ2v) is 12.3. The lowest BCUT2D eigenvalue weighted by Crippen LogP contribution is -2.40. The summed E-state index contributed by atoms with van der Waals surface area (Å²) in [4.78, 5) is 31.9. The van der Waals surface area contributed by atoms with E-state index in [1.54, 1.807) is 34.7 Å². The summed E-state index contributed by atoms with van der Waals surface area (Å²) < 4.78 is 80.0. The van der Waals surface area contributed by atoms with Crippen molar-refractivity contribution in [3.8, 4) is 5.75 Å². The molecule has 1 aliphatic rings. The number of benzene rings is 3. The minimum absolute atomic E-state index is 0.00289. The number of anilines is 3. The van der Waals surface area contributed by atoms with Crippen molar-refractivity contribution in [2.75, 3.05) is 29.9 Å². The van der Waals surface area contributed by atoms with Crippen molar-refractivity contribution in [3.05, 3.63) is 75.3 Å². The summed E-state index contributed by atoms with van der Waals surface area (Å²) in [5.74, 6) is -2.65. The maximum Gasteiger partial charge on any atom is 0.391 e. The molecule has 0 atom stereocenters. The van der Waals surface area contributed by atoms with Crippen molar-refractivity contribution in [2.45, 2.75) is 38.2 Å². The van der Waals surface area contributed by atoms with Crippen LogP contribution in [0.1, 0.15) is 45.5 Å². The minimum atomic E-state index is -4.50. The van der Waals surface area contributed by atoms with Gasteiger partial charge in [0.25, 0.3) is 11.8 Å². The average molecular weight is 732 g/mol. The molecule has 4 aromatic rings. The van der Waals surface area contributed by atoms with Crippen LogP contribution in [0.15, 0.2) is 48.5 Å². The minimum Gasteiger partial charge on any atom is -0.508 e. The van der Waals surface area contributed by atoms with E-state index in [1.165, 1.54) is 30.3 Å².